The Hall–Kier alpha value is -2.69. The Labute approximate surface area is 156 Å². The standard InChI is InChI=1S/C21H29N3O2/c1-5-22-21(23-13-12-18-8-6-7-9-19(18)25-3)24-15-17-11-10-16(2)20(14-17)26-4/h6-11,14H,5,12-13,15H2,1-4H3,(H2,22,23,24). The largest absolute Gasteiger partial charge is 0.496 e. The van der Waals surface area contributed by atoms with Crippen molar-refractivity contribution < 1.29 is 9.47 Å². The monoisotopic (exact) mass is 355 g/mol. The minimum atomic E-state index is 0.598. The van der Waals surface area contributed by atoms with Crippen LogP contribution in [0.1, 0.15) is 23.6 Å². The molecule has 0 amide bonds. The molecular formula is C21H29N3O2. The van der Waals surface area contributed by atoms with Gasteiger partial charge in [-0.15, -0.1) is 0 Å². The second-order valence-corrected chi connectivity index (χ2v) is 5.99. The zero-order chi connectivity index (χ0) is 18.8. The predicted octanol–water partition coefficient (Wildman–Crippen LogP) is 3.31. The Kier molecular flexibility index (Phi) is 7.80. The van der Waals surface area contributed by atoms with Gasteiger partial charge in [-0.2, -0.15) is 0 Å². The fourth-order valence-corrected chi connectivity index (χ4v) is 2.70. The van der Waals surface area contributed by atoms with Crippen molar-refractivity contribution in [1.82, 2.24) is 10.6 Å². The number of benzene rings is 2. The summed E-state index contributed by atoms with van der Waals surface area (Å²) in [6.45, 7) is 6.30. The molecule has 0 aliphatic rings. The number of nitrogens with zero attached hydrogens (tertiary/aromatic N) is 1. The molecular weight excluding hydrogens is 326 g/mol. The number of ether oxygens (including phenoxy) is 2. The van der Waals surface area contributed by atoms with Gasteiger partial charge in [-0.3, -0.25) is 0 Å². The lowest BCUT2D eigenvalue weighted by atomic mass is 10.1. The molecule has 5 nitrogen and oxygen atoms in total. The van der Waals surface area contributed by atoms with Crippen LogP contribution in [0.5, 0.6) is 11.5 Å². The molecule has 0 saturated heterocycles. The van der Waals surface area contributed by atoms with Gasteiger partial charge in [0, 0.05) is 13.1 Å². The van der Waals surface area contributed by atoms with Gasteiger partial charge in [-0.05, 0) is 49.1 Å². The summed E-state index contributed by atoms with van der Waals surface area (Å²) in [7, 11) is 3.40. The molecule has 2 aromatic rings. The molecule has 0 heterocycles. The van der Waals surface area contributed by atoms with E-state index in [1.54, 1.807) is 14.2 Å². The molecule has 0 aliphatic heterocycles. The average Bonchev–Trinajstić information content (AvgIpc) is 2.67. The van der Waals surface area contributed by atoms with Gasteiger partial charge in [0.15, 0.2) is 5.96 Å². The third-order valence-electron chi connectivity index (χ3n) is 4.12. The Morgan fingerprint density at radius 1 is 1.00 bits per heavy atom. The number of para-hydroxylation sites is 1. The second-order valence-electron chi connectivity index (χ2n) is 5.99. The van der Waals surface area contributed by atoms with Gasteiger partial charge in [0.2, 0.25) is 0 Å². The minimum absolute atomic E-state index is 0.598. The van der Waals surface area contributed by atoms with Gasteiger partial charge >= 0.3 is 0 Å². The smallest absolute Gasteiger partial charge is 0.191 e. The van der Waals surface area contributed by atoms with E-state index in [9.17, 15) is 0 Å². The predicted molar refractivity (Wildman–Crippen MR) is 107 cm³/mol. The highest BCUT2D eigenvalue weighted by Gasteiger charge is 2.04. The van der Waals surface area contributed by atoms with Crippen LogP contribution in [0.15, 0.2) is 47.5 Å². The van der Waals surface area contributed by atoms with E-state index in [1.165, 1.54) is 5.56 Å². The Balaban J connectivity index is 1.96. The fraction of sp³-hybridized carbons (Fsp3) is 0.381. The maximum absolute atomic E-state index is 5.40. The number of hydrogen-bond acceptors (Lipinski definition) is 3. The zero-order valence-corrected chi connectivity index (χ0v) is 16.1. The topological polar surface area (TPSA) is 54.9 Å². The molecule has 26 heavy (non-hydrogen) atoms. The summed E-state index contributed by atoms with van der Waals surface area (Å²) in [5, 5.41) is 6.67. The molecule has 0 unspecified atom stereocenters. The normalized spacial score (nSPS) is 11.2. The van der Waals surface area contributed by atoms with Crippen molar-refractivity contribution in [3.63, 3.8) is 0 Å². The van der Waals surface area contributed by atoms with Crippen LogP contribution < -0.4 is 20.1 Å². The van der Waals surface area contributed by atoms with Crippen LogP contribution in [0.4, 0.5) is 0 Å². The van der Waals surface area contributed by atoms with Crippen molar-refractivity contribution >= 4 is 5.96 Å². The van der Waals surface area contributed by atoms with Crippen molar-refractivity contribution in [3.05, 3.63) is 59.2 Å². The molecule has 0 bridgehead atoms. The van der Waals surface area contributed by atoms with E-state index in [4.69, 9.17) is 9.47 Å². The van der Waals surface area contributed by atoms with E-state index in [0.29, 0.717) is 6.54 Å². The summed E-state index contributed by atoms with van der Waals surface area (Å²) in [6.07, 6.45) is 0.868. The van der Waals surface area contributed by atoms with Gasteiger partial charge < -0.3 is 20.1 Å². The van der Waals surface area contributed by atoms with Crippen LogP contribution in [0, 0.1) is 6.92 Å². The molecule has 2 aromatic carbocycles. The molecule has 2 N–H and O–H groups in total. The SMILES string of the molecule is CCNC(=NCc1ccc(C)c(OC)c1)NCCc1ccccc1OC. The van der Waals surface area contributed by atoms with E-state index >= 15 is 0 Å². The van der Waals surface area contributed by atoms with Crippen molar-refractivity contribution in [2.24, 2.45) is 4.99 Å². The number of aryl methyl sites for hydroxylation is 1. The van der Waals surface area contributed by atoms with Crippen molar-refractivity contribution in [2.45, 2.75) is 26.8 Å². The number of methoxy groups -OCH3 is 2. The van der Waals surface area contributed by atoms with Crippen LogP contribution in [0.2, 0.25) is 0 Å². The van der Waals surface area contributed by atoms with E-state index < -0.39 is 0 Å². The summed E-state index contributed by atoms with van der Waals surface area (Å²) in [6, 6.07) is 14.3. The molecule has 140 valence electrons. The summed E-state index contributed by atoms with van der Waals surface area (Å²) >= 11 is 0. The lowest BCUT2D eigenvalue weighted by Gasteiger charge is -2.13. The maximum Gasteiger partial charge on any atom is 0.191 e. The molecule has 5 heteroatoms. The van der Waals surface area contributed by atoms with Crippen LogP contribution in [-0.2, 0) is 13.0 Å². The van der Waals surface area contributed by atoms with Gasteiger partial charge in [0.05, 0.1) is 20.8 Å². The van der Waals surface area contributed by atoms with Gasteiger partial charge in [-0.1, -0.05) is 30.3 Å². The van der Waals surface area contributed by atoms with Crippen molar-refractivity contribution in [1.29, 1.82) is 0 Å². The summed E-state index contributed by atoms with van der Waals surface area (Å²) < 4.78 is 10.8. The van der Waals surface area contributed by atoms with E-state index in [0.717, 1.165) is 48.1 Å². The van der Waals surface area contributed by atoms with Crippen molar-refractivity contribution in [3.8, 4) is 11.5 Å². The van der Waals surface area contributed by atoms with Crippen LogP contribution in [0.25, 0.3) is 0 Å². The molecule has 0 spiro atoms. The lowest BCUT2D eigenvalue weighted by molar-refractivity contribution is 0.409. The maximum atomic E-state index is 5.40. The van der Waals surface area contributed by atoms with Gasteiger partial charge in [-0.25, -0.2) is 4.99 Å². The summed E-state index contributed by atoms with van der Waals surface area (Å²) in [5.41, 5.74) is 3.43. The first-order valence-electron chi connectivity index (χ1n) is 8.95. The summed E-state index contributed by atoms with van der Waals surface area (Å²) in [4.78, 5) is 4.67. The van der Waals surface area contributed by atoms with E-state index in [1.807, 2.05) is 31.2 Å². The highest BCUT2D eigenvalue weighted by Crippen LogP contribution is 2.19. The molecule has 0 radical (unpaired) electrons. The fourth-order valence-electron chi connectivity index (χ4n) is 2.70. The first kappa shape index (κ1) is 19.6. The number of guanidine groups is 1. The Bertz CT molecular complexity index is 729. The zero-order valence-electron chi connectivity index (χ0n) is 16.1. The minimum Gasteiger partial charge on any atom is -0.496 e. The molecule has 0 fully saturated rings. The number of aliphatic imine (C=N–C) groups is 1. The molecule has 2 rings (SSSR count). The first-order valence-corrected chi connectivity index (χ1v) is 8.95. The quantitative estimate of drug-likeness (QED) is 0.563. The van der Waals surface area contributed by atoms with Gasteiger partial charge in [0.25, 0.3) is 0 Å². The van der Waals surface area contributed by atoms with Gasteiger partial charge in [0.1, 0.15) is 11.5 Å². The van der Waals surface area contributed by atoms with E-state index in [-0.39, 0.29) is 0 Å². The molecule has 0 aromatic heterocycles. The van der Waals surface area contributed by atoms with Crippen LogP contribution in [0.3, 0.4) is 0 Å². The lowest BCUT2D eigenvalue weighted by Crippen LogP contribution is -2.38. The highest BCUT2D eigenvalue weighted by molar-refractivity contribution is 5.79. The number of rotatable bonds is 8. The summed E-state index contributed by atoms with van der Waals surface area (Å²) in [5.74, 6) is 2.62. The molecule has 0 aliphatic carbocycles. The Morgan fingerprint density at radius 2 is 1.77 bits per heavy atom. The second kappa shape index (κ2) is 10.3. The number of hydrogen-bond donors (Lipinski definition) is 2. The Morgan fingerprint density at radius 3 is 2.50 bits per heavy atom. The van der Waals surface area contributed by atoms with Crippen LogP contribution >= 0.6 is 0 Å². The van der Waals surface area contributed by atoms with Crippen LogP contribution in [-0.4, -0.2) is 33.3 Å². The third kappa shape index (κ3) is 5.69. The number of nitrogens with one attached hydrogen (secondary N) is 2. The third-order valence-corrected chi connectivity index (χ3v) is 4.12. The molecule has 0 atom stereocenters. The highest BCUT2D eigenvalue weighted by atomic mass is 16.5. The van der Waals surface area contributed by atoms with E-state index in [2.05, 4.69) is 40.7 Å². The first-order chi connectivity index (χ1) is 12.7. The average molecular weight is 355 g/mol. The van der Waals surface area contributed by atoms with Crippen molar-refractivity contribution in [2.75, 3.05) is 27.3 Å². The molecule has 0 saturated carbocycles.